The number of carboxylic acid groups (broad SMARTS) is 1. The van der Waals surface area contributed by atoms with E-state index in [1.807, 2.05) is 54.6 Å². The molecule has 0 radical (unpaired) electrons. The van der Waals surface area contributed by atoms with E-state index >= 15 is 0 Å². The van der Waals surface area contributed by atoms with Gasteiger partial charge in [-0.25, -0.2) is 0 Å². The number of hydrogen-bond acceptors (Lipinski definition) is 4. The smallest absolute Gasteiger partial charge is 0.303 e. The van der Waals surface area contributed by atoms with Gasteiger partial charge in [-0.2, -0.15) is 0 Å². The molecule has 1 heterocycles. The van der Waals surface area contributed by atoms with E-state index in [1.165, 1.54) is 0 Å². The molecule has 0 bridgehead atoms. The zero-order chi connectivity index (χ0) is 17.6. The molecule has 0 amide bonds. The first-order valence-electron chi connectivity index (χ1n) is 7.76. The fourth-order valence-corrected chi connectivity index (χ4v) is 2.89. The van der Waals surface area contributed by atoms with E-state index in [0.717, 1.165) is 16.9 Å². The van der Waals surface area contributed by atoms with Crippen LogP contribution in [0.25, 0.3) is 11.3 Å². The lowest BCUT2D eigenvalue weighted by atomic mass is 10.1. The topological polar surface area (TPSA) is 72.6 Å². The van der Waals surface area contributed by atoms with Gasteiger partial charge in [0.2, 0.25) is 0 Å². The third-order valence-corrected chi connectivity index (χ3v) is 4.46. The van der Waals surface area contributed by atoms with Crippen LogP contribution < -0.4 is 4.74 Å². The number of aryl methyl sites for hydroxylation is 1. The average molecular weight is 402 g/mol. The Balaban J connectivity index is 1.67. The summed E-state index contributed by atoms with van der Waals surface area (Å²) < 4.78 is 11.7. The molecule has 3 aromatic rings. The summed E-state index contributed by atoms with van der Waals surface area (Å²) in [5.41, 5.74) is 2.62. The monoisotopic (exact) mass is 401 g/mol. The van der Waals surface area contributed by atoms with Gasteiger partial charge in [-0.1, -0.05) is 35.5 Å². The summed E-state index contributed by atoms with van der Waals surface area (Å²) in [6.07, 6.45) is 0.292. The molecular weight excluding hydrogens is 386 g/mol. The summed E-state index contributed by atoms with van der Waals surface area (Å²) >= 11 is 3.44. The Morgan fingerprint density at radius 1 is 1.12 bits per heavy atom. The molecule has 3 rings (SSSR count). The molecule has 0 aliphatic carbocycles. The lowest BCUT2D eigenvalue weighted by molar-refractivity contribution is -0.137. The fourth-order valence-electron chi connectivity index (χ4n) is 2.32. The number of nitrogens with zero attached hydrogens (tertiary/aromatic N) is 1. The van der Waals surface area contributed by atoms with E-state index < -0.39 is 5.97 Å². The molecule has 6 heteroatoms. The quantitative estimate of drug-likeness (QED) is 0.620. The van der Waals surface area contributed by atoms with Crippen LogP contribution in [0.15, 0.2) is 63.6 Å². The predicted molar refractivity (Wildman–Crippen MR) is 96.4 cm³/mol. The van der Waals surface area contributed by atoms with Crippen molar-refractivity contribution in [3.63, 3.8) is 0 Å². The van der Waals surface area contributed by atoms with Crippen LogP contribution in [0.1, 0.15) is 17.7 Å². The summed E-state index contributed by atoms with van der Waals surface area (Å²) in [5, 5.41) is 12.8. The van der Waals surface area contributed by atoms with Crippen molar-refractivity contribution in [3.8, 4) is 17.0 Å². The molecule has 1 N–H and O–H groups in total. The number of ether oxygens (including phenoxy) is 1. The summed E-state index contributed by atoms with van der Waals surface area (Å²) in [5.74, 6) is 0.421. The molecule has 0 aliphatic rings. The highest BCUT2D eigenvalue weighted by atomic mass is 79.9. The minimum Gasteiger partial charge on any atom is -0.489 e. The molecule has 5 nitrogen and oxygen atoms in total. The lowest BCUT2D eigenvalue weighted by Crippen LogP contribution is -1.96. The molecular formula is C19H16BrNO4. The highest BCUT2D eigenvalue weighted by Crippen LogP contribution is 2.32. The Bertz CT molecular complexity index is 844. The summed E-state index contributed by atoms with van der Waals surface area (Å²) in [4.78, 5) is 10.7. The van der Waals surface area contributed by atoms with Gasteiger partial charge in [-0.15, -0.1) is 0 Å². The molecule has 0 fully saturated rings. The van der Waals surface area contributed by atoms with E-state index in [9.17, 15) is 4.79 Å². The molecule has 0 saturated carbocycles. The van der Waals surface area contributed by atoms with Crippen molar-refractivity contribution in [1.29, 1.82) is 0 Å². The Labute approximate surface area is 153 Å². The van der Waals surface area contributed by atoms with Crippen LogP contribution in [-0.4, -0.2) is 16.2 Å². The van der Waals surface area contributed by atoms with Crippen molar-refractivity contribution >= 4 is 21.9 Å². The van der Waals surface area contributed by atoms with Crippen LogP contribution in [-0.2, 0) is 17.8 Å². The normalized spacial score (nSPS) is 10.6. The van der Waals surface area contributed by atoms with Crippen molar-refractivity contribution in [2.75, 3.05) is 0 Å². The maximum atomic E-state index is 10.7. The zero-order valence-electron chi connectivity index (χ0n) is 13.3. The number of benzene rings is 2. The first kappa shape index (κ1) is 17.2. The second-order valence-electron chi connectivity index (χ2n) is 5.46. The fraction of sp³-hybridized carbons (Fsp3) is 0.158. The lowest BCUT2D eigenvalue weighted by Gasteiger charge is -2.06. The molecule has 2 aromatic carbocycles. The molecule has 128 valence electrons. The van der Waals surface area contributed by atoms with Gasteiger partial charge in [0, 0.05) is 12.0 Å². The molecule has 0 aliphatic heterocycles. The second-order valence-corrected chi connectivity index (χ2v) is 6.25. The minimum absolute atomic E-state index is 0.000499. The van der Waals surface area contributed by atoms with E-state index in [4.69, 9.17) is 14.4 Å². The van der Waals surface area contributed by atoms with Gasteiger partial charge in [-0.3, -0.25) is 4.79 Å². The first-order valence-corrected chi connectivity index (χ1v) is 8.56. The summed E-state index contributed by atoms with van der Waals surface area (Å²) in [6.45, 7) is 0.507. The Hall–Kier alpha value is -2.60. The second kappa shape index (κ2) is 7.98. The van der Waals surface area contributed by atoms with Gasteiger partial charge in [-0.05, 0) is 45.8 Å². The van der Waals surface area contributed by atoms with Crippen molar-refractivity contribution in [2.24, 2.45) is 0 Å². The standard InChI is InChI=1S/C19H16BrNO4/c20-18-16(10-11-17(22)23)25-21-19(18)14-6-8-15(9-7-14)24-12-13-4-2-1-3-5-13/h1-9H,10-12H2,(H,22,23). The predicted octanol–water partition coefficient (Wildman–Crippen LogP) is 4.70. The molecule has 0 atom stereocenters. The van der Waals surface area contributed by atoms with Gasteiger partial charge >= 0.3 is 5.97 Å². The summed E-state index contributed by atoms with van der Waals surface area (Å²) in [6, 6.07) is 17.5. The third kappa shape index (κ3) is 4.48. The van der Waals surface area contributed by atoms with E-state index in [-0.39, 0.29) is 6.42 Å². The van der Waals surface area contributed by atoms with Gasteiger partial charge in [0.1, 0.15) is 18.1 Å². The number of carbonyl (C=O) groups is 1. The minimum atomic E-state index is -0.871. The van der Waals surface area contributed by atoms with Crippen LogP contribution in [0.5, 0.6) is 5.75 Å². The van der Waals surface area contributed by atoms with Crippen molar-refractivity contribution in [3.05, 3.63) is 70.4 Å². The number of rotatable bonds is 7. The first-order chi connectivity index (χ1) is 12.1. The highest BCUT2D eigenvalue weighted by Gasteiger charge is 2.16. The highest BCUT2D eigenvalue weighted by molar-refractivity contribution is 9.10. The van der Waals surface area contributed by atoms with Crippen LogP contribution in [0.2, 0.25) is 0 Å². The Kier molecular flexibility index (Phi) is 5.50. The van der Waals surface area contributed by atoms with Crippen LogP contribution in [0, 0.1) is 0 Å². The Morgan fingerprint density at radius 3 is 2.52 bits per heavy atom. The van der Waals surface area contributed by atoms with Crippen molar-refractivity contribution in [1.82, 2.24) is 5.16 Å². The number of carboxylic acids is 1. The Morgan fingerprint density at radius 2 is 1.84 bits per heavy atom. The molecule has 0 unspecified atom stereocenters. The van der Waals surface area contributed by atoms with Gasteiger partial charge < -0.3 is 14.4 Å². The maximum absolute atomic E-state index is 10.7. The zero-order valence-corrected chi connectivity index (χ0v) is 14.9. The van der Waals surface area contributed by atoms with Crippen LogP contribution in [0.3, 0.4) is 0 Å². The number of aromatic nitrogens is 1. The van der Waals surface area contributed by atoms with Gasteiger partial charge in [0.05, 0.1) is 10.9 Å². The van der Waals surface area contributed by atoms with E-state index in [0.29, 0.717) is 29.0 Å². The SMILES string of the molecule is O=C(O)CCc1onc(-c2ccc(OCc3ccccc3)cc2)c1Br. The number of aliphatic carboxylic acids is 1. The van der Waals surface area contributed by atoms with Crippen LogP contribution in [0.4, 0.5) is 0 Å². The molecule has 1 aromatic heterocycles. The van der Waals surface area contributed by atoms with E-state index in [1.54, 1.807) is 0 Å². The average Bonchev–Trinajstić information content (AvgIpc) is 3.00. The maximum Gasteiger partial charge on any atom is 0.303 e. The van der Waals surface area contributed by atoms with Crippen molar-refractivity contribution < 1.29 is 19.2 Å². The number of halogens is 1. The van der Waals surface area contributed by atoms with E-state index in [2.05, 4.69) is 21.1 Å². The molecule has 0 spiro atoms. The van der Waals surface area contributed by atoms with Gasteiger partial charge in [0.15, 0.2) is 5.76 Å². The number of hydrogen-bond donors (Lipinski definition) is 1. The third-order valence-electron chi connectivity index (χ3n) is 3.64. The van der Waals surface area contributed by atoms with Crippen molar-refractivity contribution in [2.45, 2.75) is 19.4 Å². The summed E-state index contributed by atoms with van der Waals surface area (Å²) in [7, 11) is 0. The largest absolute Gasteiger partial charge is 0.489 e. The molecule has 25 heavy (non-hydrogen) atoms. The van der Waals surface area contributed by atoms with Gasteiger partial charge in [0.25, 0.3) is 0 Å². The molecule has 0 saturated heterocycles. The van der Waals surface area contributed by atoms with Crippen LogP contribution >= 0.6 is 15.9 Å².